The highest BCUT2D eigenvalue weighted by atomic mass is 32.2. The summed E-state index contributed by atoms with van der Waals surface area (Å²) in [6, 6.07) is 7.83. The molecule has 2 heterocycles. The summed E-state index contributed by atoms with van der Waals surface area (Å²) in [5, 5.41) is 5.89. The summed E-state index contributed by atoms with van der Waals surface area (Å²) in [5.41, 5.74) is 1.65. The molecule has 6 heteroatoms. The van der Waals surface area contributed by atoms with Crippen LogP contribution >= 0.6 is 11.8 Å². The number of rotatable bonds is 3. The maximum Gasteiger partial charge on any atom is 0.192 e. The molecule has 0 amide bonds. The molecule has 3 rings (SSSR count). The third-order valence-electron chi connectivity index (χ3n) is 3.11. The Morgan fingerprint density at radius 1 is 1.30 bits per heavy atom. The van der Waals surface area contributed by atoms with Crippen LogP contribution in [-0.2, 0) is 4.79 Å². The quantitative estimate of drug-likeness (QED) is 0.547. The molecule has 2 aromatic heterocycles. The molecule has 0 aliphatic heterocycles. The van der Waals surface area contributed by atoms with Crippen LogP contribution in [0.3, 0.4) is 0 Å². The minimum absolute atomic E-state index is 0.120. The van der Waals surface area contributed by atoms with Crippen LogP contribution in [0.2, 0.25) is 0 Å². The van der Waals surface area contributed by atoms with Crippen molar-refractivity contribution in [1.82, 2.24) is 19.6 Å². The van der Waals surface area contributed by atoms with Crippen molar-refractivity contribution in [3.63, 3.8) is 0 Å². The molecule has 0 N–H and O–H groups in total. The standard InChI is InChI=1S/C14H14N4OS/c1-8(19)9(2)20-14-16-12-7-5-4-6-11(12)13-15-10(3)17-18(13)14/h4-7,9H,1-3H3. The fourth-order valence-corrected chi connectivity index (χ4v) is 2.81. The first-order chi connectivity index (χ1) is 9.56. The molecule has 0 radical (unpaired) electrons. The molecule has 0 bridgehead atoms. The Bertz CT molecular complexity index is 811. The molecule has 5 nitrogen and oxygen atoms in total. The summed E-state index contributed by atoms with van der Waals surface area (Å²) in [6.45, 7) is 5.31. The molecule has 0 spiro atoms. The minimum Gasteiger partial charge on any atom is -0.299 e. The number of thioether (sulfide) groups is 1. The zero-order chi connectivity index (χ0) is 14.3. The smallest absolute Gasteiger partial charge is 0.192 e. The van der Waals surface area contributed by atoms with Crippen molar-refractivity contribution >= 4 is 34.1 Å². The Kier molecular flexibility index (Phi) is 3.17. The average Bonchev–Trinajstić information content (AvgIpc) is 2.81. The van der Waals surface area contributed by atoms with Gasteiger partial charge in [0.2, 0.25) is 0 Å². The first kappa shape index (κ1) is 13.1. The lowest BCUT2D eigenvalue weighted by molar-refractivity contribution is -0.116. The number of Topliss-reactive ketones (excluding diaryl/α,β-unsaturated/α-hetero) is 1. The number of aryl methyl sites for hydroxylation is 1. The van der Waals surface area contributed by atoms with E-state index < -0.39 is 0 Å². The fourth-order valence-electron chi connectivity index (χ4n) is 1.95. The van der Waals surface area contributed by atoms with Crippen molar-refractivity contribution in [2.75, 3.05) is 0 Å². The maximum absolute atomic E-state index is 11.5. The Balaban J connectivity index is 2.26. The number of hydrogen-bond acceptors (Lipinski definition) is 5. The monoisotopic (exact) mass is 286 g/mol. The summed E-state index contributed by atoms with van der Waals surface area (Å²) in [7, 11) is 0. The van der Waals surface area contributed by atoms with E-state index in [-0.39, 0.29) is 11.0 Å². The van der Waals surface area contributed by atoms with E-state index in [1.54, 1.807) is 11.4 Å². The highest BCUT2D eigenvalue weighted by Gasteiger charge is 2.16. The van der Waals surface area contributed by atoms with Crippen LogP contribution < -0.4 is 0 Å². The summed E-state index contributed by atoms with van der Waals surface area (Å²) < 4.78 is 1.72. The van der Waals surface area contributed by atoms with Crippen LogP contribution in [0, 0.1) is 6.92 Å². The SMILES string of the molecule is CC(=O)C(C)Sc1nc2ccccc2c2nc(C)nn12. The van der Waals surface area contributed by atoms with Gasteiger partial charge in [-0.25, -0.2) is 9.97 Å². The van der Waals surface area contributed by atoms with Gasteiger partial charge in [0, 0.05) is 5.39 Å². The molecule has 3 aromatic rings. The molecule has 20 heavy (non-hydrogen) atoms. The van der Waals surface area contributed by atoms with Crippen LogP contribution in [0.15, 0.2) is 29.4 Å². The van der Waals surface area contributed by atoms with Crippen LogP contribution in [0.1, 0.15) is 19.7 Å². The van der Waals surface area contributed by atoms with Gasteiger partial charge >= 0.3 is 0 Å². The predicted molar refractivity (Wildman–Crippen MR) is 79.0 cm³/mol. The number of carbonyl (C=O) groups is 1. The topological polar surface area (TPSA) is 60.2 Å². The van der Waals surface area contributed by atoms with E-state index in [2.05, 4.69) is 15.1 Å². The number of fused-ring (bicyclic) bond motifs is 3. The Hall–Kier alpha value is -1.95. The van der Waals surface area contributed by atoms with Crippen molar-refractivity contribution < 1.29 is 4.79 Å². The first-order valence-electron chi connectivity index (χ1n) is 6.35. The summed E-state index contributed by atoms with van der Waals surface area (Å²) in [4.78, 5) is 20.5. The lowest BCUT2D eigenvalue weighted by atomic mass is 10.2. The van der Waals surface area contributed by atoms with Gasteiger partial charge in [-0.15, -0.1) is 5.10 Å². The predicted octanol–water partition coefficient (Wildman–Crippen LogP) is 2.66. The van der Waals surface area contributed by atoms with E-state index in [1.165, 1.54) is 11.8 Å². The number of carbonyl (C=O) groups excluding carboxylic acids is 1. The van der Waals surface area contributed by atoms with E-state index in [0.29, 0.717) is 11.0 Å². The number of para-hydroxylation sites is 1. The van der Waals surface area contributed by atoms with Crippen molar-refractivity contribution in [2.45, 2.75) is 31.2 Å². The Labute approximate surface area is 120 Å². The first-order valence-corrected chi connectivity index (χ1v) is 7.23. The average molecular weight is 286 g/mol. The normalized spacial score (nSPS) is 12.9. The van der Waals surface area contributed by atoms with E-state index in [0.717, 1.165) is 16.6 Å². The Morgan fingerprint density at radius 3 is 2.80 bits per heavy atom. The summed E-state index contributed by atoms with van der Waals surface area (Å²) >= 11 is 1.41. The highest BCUT2D eigenvalue weighted by molar-refractivity contribution is 8.00. The van der Waals surface area contributed by atoms with E-state index >= 15 is 0 Å². The molecule has 0 aliphatic carbocycles. The van der Waals surface area contributed by atoms with Crippen molar-refractivity contribution in [3.05, 3.63) is 30.1 Å². The molecular weight excluding hydrogens is 272 g/mol. The van der Waals surface area contributed by atoms with E-state index in [9.17, 15) is 4.79 Å². The van der Waals surface area contributed by atoms with Crippen LogP contribution in [0.25, 0.3) is 16.6 Å². The van der Waals surface area contributed by atoms with Crippen molar-refractivity contribution in [2.24, 2.45) is 0 Å². The second-order valence-electron chi connectivity index (χ2n) is 4.68. The third-order valence-corrected chi connectivity index (χ3v) is 4.27. The highest BCUT2D eigenvalue weighted by Crippen LogP contribution is 2.26. The van der Waals surface area contributed by atoms with Gasteiger partial charge in [0.25, 0.3) is 0 Å². The number of hydrogen-bond donors (Lipinski definition) is 0. The number of nitrogens with zero attached hydrogens (tertiary/aromatic N) is 4. The fraction of sp³-hybridized carbons (Fsp3) is 0.286. The van der Waals surface area contributed by atoms with E-state index in [4.69, 9.17) is 0 Å². The lowest BCUT2D eigenvalue weighted by Crippen LogP contribution is -2.10. The molecule has 1 unspecified atom stereocenters. The second-order valence-corrected chi connectivity index (χ2v) is 5.98. The molecular formula is C14H14N4OS. The third kappa shape index (κ3) is 2.16. The van der Waals surface area contributed by atoms with Crippen molar-refractivity contribution in [1.29, 1.82) is 0 Å². The summed E-state index contributed by atoms with van der Waals surface area (Å²) in [6.07, 6.45) is 0. The molecule has 1 aromatic carbocycles. The van der Waals surface area contributed by atoms with E-state index in [1.807, 2.05) is 38.1 Å². The Morgan fingerprint density at radius 2 is 2.05 bits per heavy atom. The number of aromatic nitrogens is 4. The molecule has 102 valence electrons. The van der Waals surface area contributed by atoms with Crippen LogP contribution in [-0.4, -0.2) is 30.6 Å². The second kappa shape index (κ2) is 4.86. The lowest BCUT2D eigenvalue weighted by Gasteiger charge is -2.09. The molecule has 1 atom stereocenters. The van der Waals surface area contributed by atoms with Crippen molar-refractivity contribution in [3.8, 4) is 0 Å². The van der Waals surface area contributed by atoms with Gasteiger partial charge in [-0.3, -0.25) is 4.79 Å². The molecule has 0 aliphatic rings. The molecule has 0 saturated carbocycles. The van der Waals surface area contributed by atoms with Gasteiger partial charge in [0.05, 0.1) is 10.8 Å². The van der Waals surface area contributed by atoms with Gasteiger partial charge in [-0.2, -0.15) is 4.52 Å². The molecule has 0 saturated heterocycles. The van der Waals surface area contributed by atoms with Gasteiger partial charge in [0.15, 0.2) is 10.8 Å². The summed E-state index contributed by atoms with van der Waals surface area (Å²) in [5.74, 6) is 0.815. The maximum atomic E-state index is 11.5. The number of ketones is 1. The zero-order valence-electron chi connectivity index (χ0n) is 11.5. The molecule has 0 fully saturated rings. The number of benzene rings is 1. The minimum atomic E-state index is -0.156. The van der Waals surface area contributed by atoms with Crippen LogP contribution in [0.4, 0.5) is 0 Å². The largest absolute Gasteiger partial charge is 0.299 e. The van der Waals surface area contributed by atoms with Gasteiger partial charge in [-0.05, 0) is 32.9 Å². The van der Waals surface area contributed by atoms with Crippen LogP contribution in [0.5, 0.6) is 0 Å². The zero-order valence-corrected chi connectivity index (χ0v) is 12.3. The van der Waals surface area contributed by atoms with Gasteiger partial charge < -0.3 is 0 Å². The van der Waals surface area contributed by atoms with Gasteiger partial charge in [-0.1, -0.05) is 23.9 Å². The van der Waals surface area contributed by atoms with Gasteiger partial charge in [0.1, 0.15) is 11.6 Å².